The van der Waals surface area contributed by atoms with Crippen molar-refractivity contribution in [3.63, 3.8) is 0 Å². The first-order valence-corrected chi connectivity index (χ1v) is 14.5. The van der Waals surface area contributed by atoms with E-state index < -0.39 is 35.9 Å². The number of rotatable bonds is 12. The highest BCUT2D eigenvalue weighted by Gasteiger charge is 2.34. The molecule has 1 fully saturated rings. The first-order chi connectivity index (χ1) is 16.6. The molecule has 1 saturated heterocycles. The molecule has 196 valence electrons. The van der Waals surface area contributed by atoms with Gasteiger partial charge in [-0.2, -0.15) is 5.11 Å². The van der Waals surface area contributed by atoms with Crippen LogP contribution in [0, 0.1) is 5.92 Å². The Labute approximate surface area is 205 Å². The Morgan fingerprint density at radius 1 is 1.23 bits per heavy atom. The minimum atomic E-state index is -4.54. The maximum atomic E-state index is 13.1. The van der Waals surface area contributed by atoms with E-state index in [1.165, 1.54) is 12.1 Å². The fraction of sp³-hybridized carbons (Fsp3) is 0.650. The molecule has 0 saturated carbocycles. The van der Waals surface area contributed by atoms with Crippen LogP contribution in [0.1, 0.15) is 31.7 Å². The molecule has 2 heterocycles. The highest BCUT2D eigenvalue weighted by Crippen LogP contribution is 2.36. The van der Waals surface area contributed by atoms with Crippen LogP contribution >= 0.6 is 0 Å². The number of aliphatic hydroxyl groups is 2. The number of primary sulfonamides is 1. The second-order valence-corrected chi connectivity index (χ2v) is 11.7. The highest BCUT2D eigenvalue weighted by molar-refractivity contribution is 7.92. The first-order valence-electron chi connectivity index (χ1n) is 11.4. The van der Waals surface area contributed by atoms with Gasteiger partial charge in [-0.15, -0.1) is 5.11 Å². The molecule has 35 heavy (non-hydrogen) atoms. The average Bonchev–Trinajstić information content (AvgIpc) is 3.36. The summed E-state index contributed by atoms with van der Waals surface area (Å²) in [7, 11) is -8.88. The molecule has 0 amide bonds. The van der Waals surface area contributed by atoms with Crippen LogP contribution in [0.2, 0.25) is 0 Å². The van der Waals surface area contributed by atoms with Gasteiger partial charge in [0.15, 0.2) is 12.5 Å². The zero-order valence-corrected chi connectivity index (χ0v) is 21.2. The largest absolute Gasteiger partial charge is 0.395 e. The van der Waals surface area contributed by atoms with E-state index in [4.69, 9.17) is 10.2 Å². The third-order valence-corrected chi connectivity index (χ3v) is 8.59. The molecule has 2 aliphatic heterocycles. The highest BCUT2D eigenvalue weighted by atomic mass is 32.2. The van der Waals surface area contributed by atoms with Gasteiger partial charge in [0.2, 0.25) is 20.0 Å². The number of sulfonamides is 2. The predicted octanol–water partition coefficient (Wildman–Crippen LogP) is -0.649. The number of benzene rings is 1. The van der Waals surface area contributed by atoms with Gasteiger partial charge in [-0.1, -0.05) is 6.92 Å². The van der Waals surface area contributed by atoms with Gasteiger partial charge in [0.1, 0.15) is 9.79 Å². The van der Waals surface area contributed by atoms with E-state index >= 15 is 0 Å². The van der Waals surface area contributed by atoms with Gasteiger partial charge in [0.25, 0.3) is 0 Å². The fourth-order valence-electron chi connectivity index (χ4n) is 4.08. The molecule has 0 unspecified atom stereocenters. The van der Waals surface area contributed by atoms with Crippen LogP contribution in [0.3, 0.4) is 0 Å². The van der Waals surface area contributed by atoms with E-state index in [1.807, 2.05) is 4.90 Å². The lowest BCUT2D eigenvalue weighted by Gasteiger charge is -2.35. The molecule has 1 aromatic carbocycles. The minimum absolute atomic E-state index is 0.00130. The normalized spacial score (nSPS) is 18.2. The third-order valence-electron chi connectivity index (χ3n) is 6.00. The summed E-state index contributed by atoms with van der Waals surface area (Å²) >= 11 is 0. The number of hydrogen-bond acceptors (Lipinski definition) is 11. The Morgan fingerprint density at radius 2 is 1.94 bits per heavy atom. The van der Waals surface area contributed by atoms with Crippen LogP contribution in [0.5, 0.6) is 0 Å². The van der Waals surface area contributed by atoms with Gasteiger partial charge >= 0.3 is 0 Å². The Kier molecular flexibility index (Phi) is 9.31. The quantitative estimate of drug-likeness (QED) is 0.219. The third kappa shape index (κ3) is 6.81. The molecule has 6 N–H and O–H groups in total. The lowest BCUT2D eigenvalue weighted by atomic mass is 9.95. The van der Waals surface area contributed by atoms with Crippen LogP contribution in [0.15, 0.2) is 37.1 Å². The van der Waals surface area contributed by atoms with Crippen molar-refractivity contribution in [3.05, 3.63) is 17.7 Å². The molecule has 0 radical (unpaired) electrons. The monoisotopic (exact) mass is 531 g/mol. The van der Waals surface area contributed by atoms with E-state index in [2.05, 4.69) is 25.3 Å². The fourth-order valence-corrected chi connectivity index (χ4v) is 6.74. The molecule has 0 aliphatic carbocycles. The number of aliphatic hydroxyl groups excluding tert-OH is 2. The molecule has 1 aromatic rings. The van der Waals surface area contributed by atoms with Gasteiger partial charge in [0, 0.05) is 31.9 Å². The number of hydrogen-bond donors (Lipinski definition) is 5. The zero-order chi connectivity index (χ0) is 25.6. The van der Waals surface area contributed by atoms with Gasteiger partial charge < -0.3 is 20.4 Å². The molecular weight excluding hydrogens is 498 g/mol. The van der Waals surface area contributed by atoms with Crippen molar-refractivity contribution in [2.45, 2.75) is 42.1 Å². The summed E-state index contributed by atoms with van der Waals surface area (Å²) in [6, 6.07) is 2.75. The number of amidine groups is 1. The molecule has 3 rings (SSSR count). The van der Waals surface area contributed by atoms with Crippen molar-refractivity contribution < 1.29 is 27.0 Å². The summed E-state index contributed by atoms with van der Waals surface area (Å²) in [5.41, 5.74) is 0.465. The van der Waals surface area contributed by atoms with Gasteiger partial charge in [-0.3, -0.25) is 0 Å². The Balaban J connectivity index is 2.03. The molecule has 0 aromatic heterocycles. The number of piperidine rings is 1. The number of anilines is 1. The standard InChI is InChI=1S/C20H33N7O6S2/c1-2-15(29)12-25-35(32,33)17-4-3-16(27-8-5-14(6-9-27)11-22-7-10-28)18(19(17)34(21,30)31)20-23-13-24-26-20/h3-4,14-15,22,25,28-29H,2,5-13H2,1H3,(H2,21,30,31)/t15-/m1/s1. The molecule has 13 nitrogen and oxygen atoms in total. The van der Waals surface area contributed by atoms with Gasteiger partial charge in [0.05, 0.1) is 18.3 Å². The second-order valence-electron chi connectivity index (χ2n) is 8.47. The van der Waals surface area contributed by atoms with E-state index in [0.29, 0.717) is 37.7 Å². The number of azo groups is 1. The summed E-state index contributed by atoms with van der Waals surface area (Å²) in [4.78, 5) is 4.99. The van der Waals surface area contributed by atoms with Crippen LogP contribution in [-0.2, 0) is 20.0 Å². The van der Waals surface area contributed by atoms with Crippen LogP contribution in [-0.4, -0.2) is 85.0 Å². The van der Waals surface area contributed by atoms with Crippen molar-refractivity contribution in [1.82, 2.24) is 10.0 Å². The van der Waals surface area contributed by atoms with Crippen molar-refractivity contribution in [2.24, 2.45) is 26.3 Å². The minimum Gasteiger partial charge on any atom is -0.395 e. The Hall–Kier alpha value is -2.01. The summed E-state index contributed by atoms with van der Waals surface area (Å²) < 4.78 is 53.9. The summed E-state index contributed by atoms with van der Waals surface area (Å²) in [6.45, 7) is 3.95. The molecular formula is C20H33N7O6S2. The van der Waals surface area contributed by atoms with Crippen LogP contribution < -0.4 is 20.1 Å². The van der Waals surface area contributed by atoms with E-state index in [1.54, 1.807) is 6.92 Å². The maximum Gasteiger partial charge on any atom is 0.242 e. The lowest BCUT2D eigenvalue weighted by molar-refractivity contribution is 0.174. The van der Waals surface area contributed by atoms with Crippen molar-refractivity contribution >= 4 is 31.6 Å². The maximum absolute atomic E-state index is 13.1. The molecule has 2 aliphatic rings. The topological polar surface area (TPSA) is 199 Å². The van der Waals surface area contributed by atoms with E-state index in [9.17, 15) is 21.9 Å². The smallest absolute Gasteiger partial charge is 0.242 e. The Bertz CT molecular complexity index is 1160. The summed E-state index contributed by atoms with van der Waals surface area (Å²) in [5, 5.41) is 35.2. The SMILES string of the molecule is CC[C@@H](O)CNS(=O)(=O)c1ccc(N2CCC(CNCCO)CC2)c(C2=NCN=N2)c1S(N)(=O)=O. The summed E-state index contributed by atoms with van der Waals surface area (Å²) in [5.74, 6) is 0.387. The summed E-state index contributed by atoms with van der Waals surface area (Å²) in [6.07, 6.45) is 1.01. The predicted molar refractivity (Wildman–Crippen MR) is 130 cm³/mol. The van der Waals surface area contributed by atoms with Crippen LogP contribution in [0.4, 0.5) is 5.69 Å². The molecule has 15 heteroatoms. The number of nitrogens with one attached hydrogen (secondary N) is 2. The van der Waals surface area contributed by atoms with E-state index in [0.717, 1.165) is 19.4 Å². The van der Waals surface area contributed by atoms with Gasteiger partial charge in [-0.25, -0.2) is 31.7 Å². The van der Waals surface area contributed by atoms with Gasteiger partial charge in [-0.05, 0) is 43.9 Å². The van der Waals surface area contributed by atoms with Crippen molar-refractivity contribution in [2.75, 3.05) is 50.9 Å². The number of nitrogens with two attached hydrogens (primary N) is 1. The molecule has 1 atom stereocenters. The molecule has 0 bridgehead atoms. The zero-order valence-electron chi connectivity index (χ0n) is 19.6. The first kappa shape index (κ1) is 27.6. The number of aliphatic imine (C=N–C) groups is 1. The van der Waals surface area contributed by atoms with Crippen LogP contribution in [0.25, 0.3) is 0 Å². The average molecular weight is 532 g/mol. The lowest BCUT2D eigenvalue weighted by Crippen LogP contribution is -2.39. The van der Waals surface area contributed by atoms with Crippen molar-refractivity contribution in [1.29, 1.82) is 0 Å². The van der Waals surface area contributed by atoms with Crippen molar-refractivity contribution in [3.8, 4) is 0 Å². The second kappa shape index (κ2) is 11.8. The van der Waals surface area contributed by atoms with E-state index in [-0.39, 0.29) is 31.2 Å². The molecule has 0 spiro atoms. The Morgan fingerprint density at radius 3 is 2.51 bits per heavy atom. The number of nitrogens with zero attached hydrogens (tertiary/aromatic N) is 4.